The summed E-state index contributed by atoms with van der Waals surface area (Å²) in [4.78, 5) is 0. The molecule has 0 aliphatic carbocycles. The largest absolute Gasteiger partial charge is 0.302 e. The first-order valence-electron chi connectivity index (χ1n) is 4.91. The molecule has 0 spiro atoms. The summed E-state index contributed by atoms with van der Waals surface area (Å²) in [5, 5.41) is 4.47. The third-order valence-electron chi connectivity index (χ3n) is 2.45. The van der Waals surface area contributed by atoms with Crippen LogP contribution in [0.5, 0.6) is 0 Å². The Morgan fingerprint density at radius 1 is 1.14 bits per heavy atom. The molecule has 0 fully saturated rings. The first-order valence-corrected chi connectivity index (χ1v) is 4.91. The van der Waals surface area contributed by atoms with Crippen molar-refractivity contribution < 1.29 is 0 Å². The molecule has 0 aromatic carbocycles. The maximum Gasteiger partial charge on any atom is 0.159 e. The standard InChI is InChI=1S/C11H15N3/c1-4-13-8-7-11(12-13)14-9(2)5-6-10(14)3/h5-8H,4H2,1-3H3. The maximum absolute atomic E-state index is 4.47. The zero-order chi connectivity index (χ0) is 10.1. The van der Waals surface area contributed by atoms with Gasteiger partial charge in [-0.25, -0.2) is 0 Å². The molecule has 14 heavy (non-hydrogen) atoms. The van der Waals surface area contributed by atoms with Gasteiger partial charge in [-0.3, -0.25) is 4.68 Å². The van der Waals surface area contributed by atoms with Gasteiger partial charge >= 0.3 is 0 Å². The summed E-state index contributed by atoms with van der Waals surface area (Å²) in [5.74, 6) is 1.01. The normalized spacial score (nSPS) is 10.8. The van der Waals surface area contributed by atoms with Crippen LogP contribution in [0.1, 0.15) is 18.3 Å². The van der Waals surface area contributed by atoms with Gasteiger partial charge in [-0.1, -0.05) is 0 Å². The molecule has 74 valence electrons. The second-order valence-electron chi connectivity index (χ2n) is 3.48. The first-order chi connectivity index (χ1) is 6.72. The average Bonchev–Trinajstić information content (AvgIpc) is 2.73. The quantitative estimate of drug-likeness (QED) is 0.710. The van der Waals surface area contributed by atoms with Gasteiger partial charge < -0.3 is 4.57 Å². The fraction of sp³-hybridized carbons (Fsp3) is 0.364. The molecule has 0 amide bonds. The van der Waals surface area contributed by atoms with Crippen molar-refractivity contribution in [2.45, 2.75) is 27.3 Å². The van der Waals surface area contributed by atoms with Gasteiger partial charge in [0, 0.05) is 30.2 Å². The predicted molar refractivity (Wildman–Crippen MR) is 56.7 cm³/mol. The van der Waals surface area contributed by atoms with E-state index in [4.69, 9.17) is 0 Å². The molecule has 2 rings (SSSR count). The Kier molecular flexibility index (Phi) is 2.15. The van der Waals surface area contributed by atoms with Crippen LogP contribution >= 0.6 is 0 Å². The van der Waals surface area contributed by atoms with Gasteiger partial charge in [0.25, 0.3) is 0 Å². The van der Waals surface area contributed by atoms with E-state index >= 15 is 0 Å². The van der Waals surface area contributed by atoms with Crippen LogP contribution in [0.25, 0.3) is 5.82 Å². The van der Waals surface area contributed by atoms with Gasteiger partial charge in [-0.2, -0.15) is 5.10 Å². The summed E-state index contributed by atoms with van der Waals surface area (Å²) < 4.78 is 4.10. The monoisotopic (exact) mass is 189 g/mol. The van der Waals surface area contributed by atoms with Crippen LogP contribution in [0.4, 0.5) is 0 Å². The van der Waals surface area contributed by atoms with E-state index in [2.05, 4.69) is 42.6 Å². The van der Waals surface area contributed by atoms with E-state index in [1.54, 1.807) is 0 Å². The van der Waals surface area contributed by atoms with Crippen LogP contribution in [0.15, 0.2) is 24.4 Å². The van der Waals surface area contributed by atoms with E-state index in [1.807, 2.05) is 16.9 Å². The van der Waals surface area contributed by atoms with Crippen LogP contribution in [0.2, 0.25) is 0 Å². The molecular weight excluding hydrogens is 174 g/mol. The van der Waals surface area contributed by atoms with E-state index in [-0.39, 0.29) is 0 Å². The van der Waals surface area contributed by atoms with E-state index in [9.17, 15) is 0 Å². The smallest absolute Gasteiger partial charge is 0.159 e. The molecule has 0 atom stereocenters. The molecule has 0 saturated carbocycles. The predicted octanol–water partition coefficient (Wildman–Crippen LogP) is 2.31. The second kappa shape index (κ2) is 3.33. The summed E-state index contributed by atoms with van der Waals surface area (Å²) >= 11 is 0. The summed E-state index contributed by atoms with van der Waals surface area (Å²) in [5.41, 5.74) is 2.45. The van der Waals surface area contributed by atoms with Crippen molar-refractivity contribution in [1.29, 1.82) is 0 Å². The number of aromatic nitrogens is 3. The second-order valence-corrected chi connectivity index (χ2v) is 3.48. The van der Waals surface area contributed by atoms with E-state index < -0.39 is 0 Å². The molecule has 0 N–H and O–H groups in total. The van der Waals surface area contributed by atoms with Gasteiger partial charge in [0.05, 0.1) is 0 Å². The molecule has 2 heterocycles. The molecule has 0 radical (unpaired) electrons. The zero-order valence-corrected chi connectivity index (χ0v) is 8.86. The highest BCUT2D eigenvalue weighted by atomic mass is 15.3. The Bertz CT molecular complexity index is 418. The van der Waals surface area contributed by atoms with Gasteiger partial charge in [0.15, 0.2) is 5.82 Å². The van der Waals surface area contributed by atoms with Gasteiger partial charge in [-0.05, 0) is 32.9 Å². The molecule has 3 nitrogen and oxygen atoms in total. The van der Waals surface area contributed by atoms with Crippen molar-refractivity contribution in [2.75, 3.05) is 0 Å². The van der Waals surface area contributed by atoms with E-state index in [1.165, 1.54) is 11.4 Å². The Hall–Kier alpha value is -1.51. The average molecular weight is 189 g/mol. The molecule has 0 aliphatic rings. The van der Waals surface area contributed by atoms with Crippen LogP contribution in [0.3, 0.4) is 0 Å². The molecule has 0 unspecified atom stereocenters. The molecular formula is C11H15N3. The number of hydrogen-bond donors (Lipinski definition) is 0. The lowest BCUT2D eigenvalue weighted by atomic mass is 10.5. The van der Waals surface area contributed by atoms with Crippen molar-refractivity contribution >= 4 is 0 Å². The minimum atomic E-state index is 0.916. The zero-order valence-electron chi connectivity index (χ0n) is 8.86. The highest BCUT2D eigenvalue weighted by Crippen LogP contribution is 2.13. The number of hydrogen-bond acceptors (Lipinski definition) is 1. The summed E-state index contributed by atoms with van der Waals surface area (Å²) in [6.07, 6.45) is 2.01. The molecule has 0 bridgehead atoms. The van der Waals surface area contributed by atoms with Crippen LogP contribution < -0.4 is 0 Å². The Labute approximate surface area is 84.0 Å². The van der Waals surface area contributed by atoms with Crippen molar-refractivity contribution in [2.24, 2.45) is 0 Å². The topological polar surface area (TPSA) is 22.8 Å². The Balaban J connectivity index is 2.48. The molecule has 3 heteroatoms. The van der Waals surface area contributed by atoms with Crippen LogP contribution in [-0.4, -0.2) is 14.3 Å². The lowest BCUT2D eigenvalue weighted by molar-refractivity contribution is 0.650. The number of aryl methyl sites for hydroxylation is 3. The van der Waals surface area contributed by atoms with Crippen molar-refractivity contribution in [3.8, 4) is 5.82 Å². The third-order valence-corrected chi connectivity index (χ3v) is 2.45. The maximum atomic E-state index is 4.47. The molecule has 2 aromatic rings. The van der Waals surface area contributed by atoms with Gasteiger partial charge in [0.2, 0.25) is 0 Å². The number of nitrogens with zero attached hydrogens (tertiary/aromatic N) is 3. The summed E-state index contributed by atoms with van der Waals surface area (Å²) in [6, 6.07) is 6.27. The lowest BCUT2D eigenvalue weighted by Gasteiger charge is -2.04. The highest BCUT2D eigenvalue weighted by Gasteiger charge is 2.05. The minimum absolute atomic E-state index is 0.916. The first kappa shape index (κ1) is 9.06. The molecule has 0 aliphatic heterocycles. The number of rotatable bonds is 2. The lowest BCUT2D eigenvalue weighted by Crippen LogP contribution is -2.01. The van der Waals surface area contributed by atoms with E-state index in [0.29, 0.717) is 0 Å². The Morgan fingerprint density at radius 2 is 1.79 bits per heavy atom. The van der Waals surface area contributed by atoms with Crippen molar-refractivity contribution in [3.05, 3.63) is 35.8 Å². The minimum Gasteiger partial charge on any atom is -0.302 e. The van der Waals surface area contributed by atoms with Crippen LogP contribution in [0, 0.1) is 13.8 Å². The van der Waals surface area contributed by atoms with Gasteiger partial charge in [-0.15, -0.1) is 0 Å². The third kappa shape index (κ3) is 1.35. The van der Waals surface area contributed by atoms with Crippen molar-refractivity contribution in [1.82, 2.24) is 14.3 Å². The SMILES string of the molecule is CCn1ccc(-n2c(C)ccc2C)n1. The summed E-state index contributed by atoms with van der Waals surface area (Å²) in [7, 11) is 0. The van der Waals surface area contributed by atoms with Crippen LogP contribution in [-0.2, 0) is 6.54 Å². The fourth-order valence-electron chi connectivity index (χ4n) is 1.68. The fourth-order valence-corrected chi connectivity index (χ4v) is 1.68. The van der Waals surface area contributed by atoms with Gasteiger partial charge in [0.1, 0.15) is 0 Å². The summed E-state index contributed by atoms with van der Waals surface area (Å²) in [6.45, 7) is 7.20. The Morgan fingerprint density at radius 3 is 2.29 bits per heavy atom. The van der Waals surface area contributed by atoms with Crippen molar-refractivity contribution in [3.63, 3.8) is 0 Å². The van der Waals surface area contributed by atoms with E-state index in [0.717, 1.165) is 12.4 Å². The highest BCUT2D eigenvalue weighted by molar-refractivity contribution is 5.30. The molecule has 0 saturated heterocycles. The molecule has 2 aromatic heterocycles.